The molecular weight excluding hydrogens is 256 g/mol. The topological polar surface area (TPSA) is 50.8 Å². The van der Waals surface area contributed by atoms with Gasteiger partial charge in [-0.2, -0.15) is 0 Å². The molecule has 1 saturated heterocycles. The van der Waals surface area contributed by atoms with Crippen molar-refractivity contribution in [2.24, 2.45) is 5.92 Å². The van der Waals surface area contributed by atoms with E-state index in [0.717, 1.165) is 58.0 Å². The summed E-state index contributed by atoms with van der Waals surface area (Å²) in [5.74, 6) is 1.07. The van der Waals surface area contributed by atoms with Crippen molar-refractivity contribution in [2.45, 2.75) is 38.2 Å². The van der Waals surface area contributed by atoms with E-state index in [0.29, 0.717) is 12.6 Å². The number of ether oxygens (including phenoxy) is 2. The minimum absolute atomic E-state index is 0.239. The van der Waals surface area contributed by atoms with Crippen LogP contribution < -0.4 is 5.32 Å². The SMILES string of the molecule is COCCCOC1CCN(C(=O)CNCC2CC2)CC1. The molecule has 0 aromatic rings. The van der Waals surface area contributed by atoms with E-state index in [1.165, 1.54) is 12.8 Å². The van der Waals surface area contributed by atoms with E-state index in [1.54, 1.807) is 7.11 Å². The number of carbonyl (C=O) groups excluding carboxylic acids is 1. The Morgan fingerprint density at radius 2 is 1.95 bits per heavy atom. The van der Waals surface area contributed by atoms with Gasteiger partial charge in [0.25, 0.3) is 0 Å². The van der Waals surface area contributed by atoms with Crippen LogP contribution in [0, 0.1) is 5.92 Å². The second-order valence-corrected chi connectivity index (χ2v) is 5.87. The molecule has 1 saturated carbocycles. The molecule has 0 aromatic heterocycles. The molecule has 2 fully saturated rings. The van der Waals surface area contributed by atoms with E-state index in [-0.39, 0.29) is 5.91 Å². The predicted molar refractivity (Wildman–Crippen MR) is 77.6 cm³/mol. The molecule has 0 aromatic carbocycles. The Labute approximate surface area is 122 Å². The highest BCUT2D eigenvalue weighted by Gasteiger charge is 2.24. The Balaban J connectivity index is 1.52. The number of hydrogen-bond acceptors (Lipinski definition) is 4. The fourth-order valence-electron chi connectivity index (χ4n) is 2.54. The third-order valence-electron chi connectivity index (χ3n) is 4.05. The van der Waals surface area contributed by atoms with E-state index in [1.807, 2.05) is 4.90 Å². The Hall–Kier alpha value is -0.650. The van der Waals surface area contributed by atoms with E-state index in [9.17, 15) is 4.79 Å². The van der Waals surface area contributed by atoms with Crippen molar-refractivity contribution in [2.75, 3.05) is 46.5 Å². The molecule has 1 N–H and O–H groups in total. The average Bonchev–Trinajstić information content (AvgIpc) is 3.28. The van der Waals surface area contributed by atoms with E-state index in [4.69, 9.17) is 9.47 Å². The third kappa shape index (κ3) is 5.77. The molecule has 0 radical (unpaired) electrons. The highest BCUT2D eigenvalue weighted by Crippen LogP contribution is 2.27. The normalized spacial score (nSPS) is 20.4. The monoisotopic (exact) mass is 284 g/mol. The zero-order valence-corrected chi connectivity index (χ0v) is 12.6. The van der Waals surface area contributed by atoms with Crippen LogP contribution in [0.1, 0.15) is 32.1 Å². The molecule has 5 heteroatoms. The zero-order chi connectivity index (χ0) is 14.2. The summed E-state index contributed by atoms with van der Waals surface area (Å²) in [6.45, 7) is 4.68. The number of nitrogens with one attached hydrogen (secondary N) is 1. The van der Waals surface area contributed by atoms with Gasteiger partial charge in [-0.05, 0) is 44.6 Å². The van der Waals surface area contributed by atoms with Crippen LogP contribution >= 0.6 is 0 Å². The third-order valence-corrected chi connectivity index (χ3v) is 4.05. The van der Waals surface area contributed by atoms with E-state index < -0.39 is 0 Å². The Morgan fingerprint density at radius 3 is 2.60 bits per heavy atom. The molecule has 1 aliphatic carbocycles. The fourth-order valence-corrected chi connectivity index (χ4v) is 2.54. The summed E-state index contributed by atoms with van der Waals surface area (Å²) in [6, 6.07) is 0. The van der Waals surface area contributed by atoms with Gasteiger partial charge >= 0.3 is 0 Å². The molecule has 1 aliphatic heterocycles. The molecule has 0 unspecified atom stereocenters. The number of amides is 1. The number of piperidine rings is 1. The lowest BCUT2D eigenvalue weighted by atomic mass is 10.1. The first-order valence-corrected chi connectivity index (χ1v) is 7.88. The quantitative estimate of drug-likeness (QED) is 0.643. The van der Waals surface area contributed by atoms with Gasteiger partial charge in [0.1, 0.15) is 0 Å². The van der Waals surface area contributed by atoms with Crippen LogP contribution in [0.5, 0.6) is 0 Å². The molecule has 2 aliphatic rings. The minimum Gasteiger partial charge on any atom is -0.385 e. The molecule has 0 atom stereocenters. The number of hydrogen-bond donors (Lipinski definition) is 1. The largest absolute Gasteiger partial charge is 0.385 e. The van der Waals surface area contributed by atoms with Crippen LogP contribution in [0.25, 0.3) is 0 Å². The van der Waals surface area contributed by atoms with Gasteiger partial charge in [0.15, 0.2) is 0 Å². The summed E-state index contributed by atoms with van der Waals surface area (Å²) in [4.78, 5) is 14.0. The van der Waals surface area contributed by atoms with Gasteiger partial charge in [-0.15, -0.1) is 0 Å². The fraction of sp³-hybridized carbons (Fsp3) is 0.933. The Morgan fingerprint density at radius 1 is 1.20 bits per heavy atom. The van der Waals surface area contributed by atoms with Gasteiger partial charge in [0.05, 0.1) is 12.6 Å². The van der Waals surface area contributed by atoms with Crippen LogP contribution in [0.3, 0.4) is 0 Å². The van der Waals surface area contributed by atoms with Crippen molar-refractivity contribution < 1.29 is 14.3 Å². The molecule has 2 rings (SSSR count). The summed E-state index contributed by atoms with van der Waals surface area (Å²) < 4.78 is 10.8. The Bertz CT molecular complexity index is 287. The summed E-state index contributed by atoms with van der Waals surface area (Å²) >= 11 is 0. The van der Waals surface area contributed by atoms with Crippen LogP contribution in [-0.4, -0.2) is 63.4 Å². The number of carbonyl (C=O) groups is 1. The molecule has 20 heavy (non-hydrogen) atoms. The maximum atomic E-state index is 12.0. The van der Waals surface area contributed by atoms with Crippen molar-refractivity contribution in [3.8, 4) is 0 Å². The molecule has 116 valence electrons. The van der Waals surface area contributed by atoms with E-state index in [2.05, 4.69) is 5.32 Å². The second kappa shape index (κ2) is 8.60. The minimum atomic E-state index is 0.239. The molecule has 5 nitrogen and oxygen atoms in total. The lowest BCUT2D eigenvalue weighted by Gasteiger charge is -2.32. The maximum Gasteiger partial charge on any atom is 0.236 e. The summed E-state index contributed by atoms with van der Waals surface area (Å²) in [5, 5.41) is 3.27. The standard InChI is InChI=1S/C15H28N2O3/c1-19-9-2-10-20-14-5-7-17(8-6-14)15(18)12-16-11-13-3-4-13/h13-14,16H,2-12H2,1H3. The molecular formula is C15H28N2O3. The van der Waals surface area contributed by atoms with Crippen LogP contribution in [0.2, 0.25) is 0 Å². The van der Waals surface area contributed by atoms with Gasteiger partial charge in [-0.25, -0.2) is 0 Å². The lowest BCUT2D eigenvalue weighted by Crippen LogP contribution is -2.44. The number of likely N-dealkylation sites (tertiary alicyclic amines) is 1. The summed E-state index contributed by atoms with van der Waals surface area (Å²) in [7, 11) is 1.71. The van der Waals surface area contributed by atoms with Crippen LogP contribution in [0.4, 0.5) is 0 Å². The average molecular weight is 284 g/mol. The number of methoxy groups -OCH3 is 1. The molecule has 0 spiro atoms. The lowest BCUT2D eigenvalue weighted by molar-refractivity contribution is -0.132. The first kappa shape index (κ1) is 15.7. The molecule has 1 heterocycles. The Kier molecular flexibility index (Phi) is 6.76. The summed E-state index contributed by atoms with van der Waals surface area (Å²) in [5.41, 5.74) is 0. The van der Waals surface area contributed by atoms with Crippen molar-refractivity contribution in [1.29, 1.82) is 0 Å². The first-order chi connectivity index (χ1) is 9.79. The predicted octanol–water partition coefficient (Wildman–Crippen LogP) is 1.03. The number of nitrogens with zero attached hydrogens (tertiary/aromatic N) is 1. The van der Waals surface area contributed by atoms with Gasteiger partial charge in [0, 0.05) is 33.4 Å². The molecule has 1 amide bonds. The summed E-state index contributed by atoms with van der Waals surface area (Å²) in [6.07, 6.45) is 5.83. The van der Waals surface area contributed by atoms with E-state index >= 15 is 0 Å². The first-order valence-electron chi connectivity index (χ1n) is 7.88. The molecule has 0 bridgehead atoms. The van der Waals surface area contributed by atoms with Crippen molar-refractivity contribution in [3.63, 3.8) is 0 Å². The van der Waals surface area contributed by atoms with Crippen LogP contribution in [-0.2, 0) is 14.3 Å². The van der Waals surface area contributed by atoms with Gasteiger partial charge in [-0.1, -0.05) is 0 Å². The number of rotatable bonds is 9. The van der Waals surface area contributed by atoms with Crippen molar-refractivity contribution >= 4 is 5.91 Å². The maximum absolute atomic E-state index is 12.0. The van der Waals surface area contributed by atoms with Crippen molar-refractivity contribution in [1.82, 2.24) is 10.2 Å². The van der Waals surface area contributed by atoms with Gasteiger partial charge in [-0.3, -0.25) is 4.79 Å². The van der Waals surface area contributed by atoms with Gasteiger partial charge < -0.3 is 19.7 Å². The highest BCUT2D eigenvalue weighted by molar-refractivity contribution is 5.78. The zero-order valence-electron chi connectivity index (χ0n) is 12.6. The van der Waals surface area contributed by atoms with Crippen molar-refractivity contribution in [3.05, 3.63) is 0 Å². The smallest absolute Gasteiger partial charge is 0.236 e. The van der Waals surface area contributed by atoms with Gasteiger partial charge in [0.2, 0.25) is 5.91 Å². The second-order valence-electron chi connectivity index (χ2n) is 5.87. The highest BCUT2D eigenvalue weighted by atomic mass is 16.5. The van der Waals surface area contributed by atoms with Crippen LogP contribution in [0.15, 0.2) is 0 Å².